The summed E-state index contributed by atoms with van der Waals surface area (Å²) in [6.45, 7) is 1.42. The van der Waals surface area contributed by atoms with E-state index in [1.165, 1.54) is 13.0 Å². The lowest BCUT2D eigenvalue weighted by Crippen LogP contribution is -2.13. The van der Waals surface area contributed by atoms with E-state index in [-0.39, 0.29) is 11.5 Å². The highest BCUT2D eigenvalue weighted by atomic mass is 35.5. The number of carbonyl (C=O) groups is 2. The molecule has 2 aromatic rings. The molecule has 5 nitrogen and oxygen atoms in total. The van der Waals surface area contributed by atoms with E-state index in [2.05, 4.69) is 10.6 Å². The second-order valence-electron chi connectivity index (χ2n) is 4.91. The van der Waals surface area contributed by atoms with Crippen LogP contribution < -0.4 is 10.6 Å². The highest BCUT2D eigenvalue weighted by Crippen LogP contribution is 2.21. The third-order valence-electron chi connectivity index (χ3n) is 3.03. The summed E-state index contributed by atoms with van der Waals surface area (Å²) in [5, 5.41) is 14.8. The summed E-state index contributed by atoms with van der Waals surface area (Å²) >= 11 is 5.98. The summed E-state index contributed by atoms with van der Waals surface area (Å²) in [4.78, 5) is 23.2. The van der Waals surface area contributed by atoms with Crippen LogP contribution in [0.4, 0.5) is 11.4 Å². The average molecular weight is 340 g/mol. The number of anilines is 2. The van der Waals surface area contributed by atoms with Crippen molar-refractivity contribution in [2.24, 2.45) is 0 Å². The van der Waals surface area contributed by atoms with Gasteiger partial charge in [-0.3, -0.25) is 9.59 Å². The summed E-state index contributed by atoms with van der Waals surface area (Å²) in [6.07, 6.45) is 1.46. The third-order valence-corrected chi connectivity index (χ3v) is 3.36. The van der Waals surface area contributed by atoms with Gasteiger partial charge in [0.15, 0.2) is 0 Å². The zero-order valence-corrected chi connectivity index (χ0v) is 13.6. The molecule has 0 fully saturated rings. The van der Waals surface area contributed by atoms with E-state index in [1.54, 1.807) is 48.5 Å². The van der Waals surface area contributed by atoms with E-state index in [0.29, 0.717) is 22.0 Å². The van der Waals surface area contributed by atoms with Crippen molar-refractivity contribution in [2.75, 3.05) is 10.6 Å². The van der Waals surface area contributed by atoms with E-state index in [4.69, 9.17) is 11.6 Å². The summed E-state index contributed by atoms with van der Waals surface area (Å²) < 4.78 is 0. The first-order chi connectivity index (χ1) is 11.5. The molecule has 0 bridgehead atoms. The largest absolute Gasteiger partial charge is 0.326 e. The van der Waals surface area contributed by atoms with E-state index in [1.807, 2.05) is 6.07 Å². The molecule has 0 heterocycles. The summed E-state index contributed by atoms with van der Waals surface area (Å²) in [6, 6.07) is 15.4. The standard InChI is InChI=1S/C18H14ClN3O2/c1-12(23)21-15-8-6-13(7-9-15)10-14(11-20)18(24)22-17-5-3-2-4-16(17)19/h2-10H,1H3,(H,21,23)(H,22,24)/b14-10+. The second-order valence-corrected chi connectivity index (χ2v) is 5.31. The predicted octanol–water partition coefficient (Wildman–Crippen LogP) is 3.84. The van der Waals surface area contributed by atoms with Gasteiger partial charge in [0, 0.05) is 12.6 Å². The molecule has 0 saturated heterocycles. The van der Waals surface area contributed by atoms with Gasteiger partial charge in [-0.25, -0.2) is 0 Å². The monoisotopic (exact) mass is 339 g/mol. The molecule has 0 aromatic heterocycles. The second kappa shape index (κ2) is 7.95. The molecule has 0 spiro atoms. The molecule has 0 aliphatic carbocycles. The maximum Gasteiger partial charge on any atom is 0.266 e. The van der Waals surface area contributed by atoms with Crippen LogP contribution in [0.15, 0.2) is 54.1 Å². The maximum atomic E-state index is 12.2. The van der Waals surface area contributed by atoms with Gasteiger partial charge < -0.3 is 10.6 Å². The molecule has 0 atom stereocenters. The number of nitriles is 1. The SMILES string of the molecule is CC(=O)Nc1ccc(/C=C(\C#N)C(=O)Nc2ccccc2Cl)cc1. The van der Waals surface area contributed by atoms with Crippen LogP contribution in [0, 0.1) is 11.3 Å². The minimum Gasteiger partial charge on any atom is -0.326 e. The van der Waals surface area contributed by atoms with Crippen LogP contribution in [-0.4, -0.2) is 11.8 Å². The van der Waals surface area contributed by atoms with Crippen LogP contribution in [0.1, 0.15) is 12.5 Å². The van der Waals surface area contributed by atoms with E-state index in [0.717, 1.165) is 0 Å². The number of benzene rings is 2. The lowest BCUT2D eigenvalue weighted by molar-refractivity contribution is -0.114. The van der Waals surface area contributed by atoms with Gasteiger partial charge in [-0.1, -0.05) is 35.9 Å². The summed E-state index contributed by atoms with van der Waals surface area (Å²) in [5.41, 5.74) is 1.68. The van der Waals surface area contributed by atoms with Crippen LogP contribution in [0.3, 0.4) is 0 Å². The fraction of sp³-hybridized carbons (Fsp3) is 0.0556. The first-order valence-corrected chi connectivity index (χ1v) is 7.42. The van der Waals surface area contributed by atoms with E-state index < -0.39 is 5.91 Å². The average Bonchev–Trinajstić information content (AvgIpc) is 2.55. The van der Waals surface area contributed by atoms with Crippen molar-refractivity contribution in [3.05, 3.63) is 64.7 Å². The molecule has 24 heavy (non-hydrogen) atoms. The van der Waals surface area contributed by atoms with Crippen molar-refractivity contribution in [3.8, 4) is 6.07 Å². The Labute approximate surface area is 144 Å². The molecule has 0 radical (unpaired) electrons. The summed E-state index contributed by atoms with van der Waals surface area (Å²) in [7, 11) is 0. The van der Waals surface area contributed by atoms with Gasteiger partial charge >= 0.3 is 0 Å². The molecule has 2 N–H and O–H groups in total. The van der Waals surface area contributed by atoms with Crippen molar-refractivity contribution >= 4 is 40.9 Å². The highest BCUT2D eigenvalue weighted by Gasteiger charge is 2.11. The quantitative estimate of drug-likeness (QED) is 0.655. The zero-order valence-electron chi connectivity index (χ0n) is 12.8. The van der Waals surface area contributed by atoms with Gasteiger partial charge in [-0.15, -0.1) is 0 Å². The van der Waals surface area contributed by atoms with Crippen LogP contribution in [0.25, 0.3) is 6.08 Å². The van der Waals surface area contributed by atoms with Crippen molar-refractivity contribution in [2.45, 2.75) is 6.92 Å². The first kappa shape index (κ1) is 17.3. The Morgan fingerprint density at radius 2 is 1.75 bits per heavy atom. The number of rotatable bonds is 4. The fourth-order valence-electron chi connectivity index (χ4n) is 1.93. The Morgan fingerprint density at radius 3 is 2.33 bits per heavy atom. The Kier molecular flexibility index (Phi) is 5.72. The maximum absolute atomic E-state index is 12.2. The lowest BCUT2D eigenvalue weighted by atomic mass is 10.1. The minimum atomic E-state index is -0.545. The zero-order chi connectivity index (χ0) is 17.5. The van der Waals surface area contributed by atoms with Gasteiger partial charge in [0.25, 0.3) is 5.91 Å². The molecule has 0 aliphatic rings. The predicted molar refractivity (Wildman–Crippen MR) is 94.4 cm³/mol. The fourth-order valence-corrected chi connectivity index (χ4v) is 2.12. The Morgan fingerprint density at radius 1 is 1.08 bits per heavy atom. The smallest absolute Gasteiger partial charge is 0.266 e. The Balaban J connectivity index is 2.16. The van der Waals surface area contributed by atoms with Crippen molar-refractivity contribution < 1.29 is 9.59 Å². The molecule has 6 heteroatoms. The van der Waals surface area contributed by atoms with Crippen LogP contribution >= 0.6 is 11.6 Å². The first-order valence-electron chi connectivity index (χ1n) is 7.05. The number of nitrogens with one attached hydrogen (secondary N) is 2. The highest BCUT2D eigenvalue weighted by molar-refractivity contribution is 6.34. The van der Waals surface area contributed by atoms with Crippen LogP contribution in [-0.2, 0) is 9.59 Å². The molecule has 0 saturated carbocycles. The molecule has 2 amide bonds. The van der Waals surface area contributed by atoms with Gasteiger partial charge in [0.05, 0.1) is 10.7 Å². The third kappa shape index (κ3) is 4.70. The topological polar surface area (TPSA) is 82.0 Å². The van der Waals surface area contributed by atoms with Gasteiger partial charge in [0.2, 0.25) is 5.91 Å². The normalized spacial score (nSPS) is 10.6. The molecule has 120 valence electrons. The van der Waals surface area contributed by atoms with Crippen molar-refractivity contribution in [1.29, 1.82) is 5.26 Å². The van der Waals surface area contributed by atoms with Crippen molar-refractivity contribution in [1.82, 2.24) is 0 Å². The molecule has 0 unspecified atom stereocenters. The van der Waals surface area contributed by atoms with Crippen LogP contribution in [0.5, 0.6) is 0 Å². The molecule has 0 aliphatic heterocycles. The molecule has 2 rings (SSSR count). The molecular formula is C18H14ClN3O2. The van der Waals surface area contributed by atoms with E-state index >= 15 is 0 Å². The van der Waals surface area contributed by atoms with Gasteiger partial charge in [-0.2, -0.15) is 5.26 Å². The van der Waals surface area contributed by atoms with Crippen molar-refractivity contribution in [3.63, 3.8) is 0 Å². The molecule has 2 aromatic carbocycles. The van der Waals surface area contributed by atoms with Gasteiger partial charge in [0.1, 0.15) is 11.6 Å². The summed E-state index contributed by atoms with van der Waals surface area (Å²) in [5.74, 6) is -0.716. The number of carbonyl (C=O) groups excluding carboxylic acids is 2. The number of para-hydroxylation sites is 1. The number of halogens is 1. The van der Waals surface area contributed by atoms with Gasteiger partial charge in [-0.05, 0) is 35.9 Å². The number of nitrogens with zero attached hydrogens (tertiary/aromatic N) is 1. The van der Waals surface area contributed by atoms with E-state index in [9.17, 15) is 14.9 Å². The lowest BCUT2D eigenvalue weighted by Gasteiger charge is -2.06. The van der Waals surface area contributed by atoms with Crippen LogP contribution in [0.2, 0.25) is 5.02 Å². The molecular weight excluding hydrogens is 326 g/mol. The Hall–Kier alpha value is -3.10. The number of amides is 2. The Bertz CT molecular complexity index is 836. The minimum absolute atomic E-state index is 0.0535. The number of hydrogen-bond acceptors (Lipinski definition) is 3. The number of hydrogen-bond donors (Lipinski definition) is 2.